The van der Waals surface area contributed by atoms with Crippen LogP contribution in [-0.2, 0) is 13.7 Å². The first kappa shape index (κ1) is 17.1. The Morgan fingerprint density at radius 2 is 1.60 bits per heavy atom. The van der Waals surface area contributed by atoms with E-state index < -0.39 is 25.9 Å². The quantitative estimate of drug-likeness (QED) is 0.777. The highest BCUT2D eigenvalue weighted by Crippen LogP contribution is 2.53. The zero-order valence-electron chi connectivity index (χ0n) is 11.1. The molecule has 0 spiro atoms. The Labute approximate surface area is 117 Å². The number of hydrogen-bond acceptors (Lipinski definition) is 4. The Morgan fingerprint density at radius 3 is 2.00 bits per heavy atom. The summed E-state index contributed by atoms with van der Waals surface area (Å²) >= 11 is 0. The molecular weight excluding hydrogens is 317 g/mol. The van der Waals surface area contributed by atoms with Crippen LogP contribution in [-0.4, -0.2) is 33.0 Å². The minimum Gasteiger partial charge on any atom is -0.494 e. The van der Waals surface area contributed by atoms with Crippen LogP contribution in [0.2, 0.25) is 0 Å². The molecule has 116 valence electrons. The molecule has 0 saturated heterocycles. The summed E-state index contributed by atoms with van der Waals surface area (Å²) in [5.74, 6) is 0.546. The topological polar surface area (TPSA) is 52.6 Å². The zero-order chi connectivity index (χ0) is 15.6. The average Bonchev–Trinajstić information content (AvgIpc) is 2.27. The van der Waals surface area contributed by atoms with Crippen LogP contribution in [0.3, 0.4) is 0 Å². The summed E-state index contributed by atoms with van der Waals surface area (Å²) in [5, 5.41) is 0. The van der Waals surface area contributed by atoms with E-state index in [-0.39, 0.29) is 0 Å². The highest BCUT2D eigenvalue weighted by molar-refractivity contribution is 8.32. The second-order valence-corrected chi connectivity index (χ2v) is 8.96. The standard InChI is InChI=1S/C11H15F3O4S2/c1-4-17-9-5-7-10(8-6-9)19(2,3)18-20(15,16)11(12,13)14/h5-8H,4H2,1-3H3. The first-order valence-electron chi connectivity index (χ1n) is 5.48. The summed E-state index contributed by atoms with van der Waals surface area (Å²) in [6.45, 7) is 2.25. The van der Waals surface area contributed by atoms with Gasteiger partial charge < -0.3 is 4.74 Å². The number of rotatable bonds is 5. The van der Waals surface area contributed by atoms with E-state index >= 15 is 0 Å². The van der Waals surface area contributed by atoms with E-state index in [1.807, 2.05) is 0 Å². The van der Waals surface area contributed by atoms with Crippen molar-refractivity contribution >= 4 is 20.4 Å². The Kier molecular flexibility index (Phi) is 4.99. The molecule has 1 rings (SSSR count). The molecule has 0 unspecified atom stereocenters. The van der Waals surface area contributed by atoms with Crippen LogP contribution in [0.25, 0.3) is 0 Å². The first-order chi connectivity index (χ1) is 8.99. The van der Waals surface area contributed by atoms with Crippen LogP contribution in [0.4, 0.5) is 13.2 Å². The van der Waals surface area contributed by atoms with Crippen molar-refractivity contribution in [2.24, 2.45) is 0 Å². The Bertz CT molecular complexity index is 550. The molecule has 1 aromatic carbocycles. The van der Waals surface area contributed by atoms with E-state index in [1.54, 1.807) is 19.1 Å². The van der Waals surface area contributed by atoms with Gasteiger partial charge in [-0.25, -0.2) is 3.63 Å². The second-order valence-electron chi connectivity index (χ2n) is 4.11. The van der Waals surface area contributed by atoms with Crippen LogP contribution in [0.1, 0.15) is 6.92 Å². The summed E-state index contributed by atoms with van der Waals surface area (Å²) in [5.41, 5.74) is -5.43. The molecule has 0 N–H and O–H groups in total. The molecule has 20 heavy (non-hydrogen) atoms. The lowest BCUT2D eigenvalue weighted by molar-refractivity contribution is -0.0495. The summed E-state index contributed by atoms with van der Waals surface area (Å²) in [6.07, 6.45) is 2.65. The van der Waals surface area contributed by atoms with Crippen molar-refractivity contribution in [3.63, 3.8) is 0 Å². The molecule has 0 bridgehead atoms. The monoisotopic (exact) mass is 332 g/mol. The van der Waals surface area contributed by atoms with Crippen LogP contribution < -0.4 is 4.74 Å². The van der Waals surface area contributed by atoms with Gasteiger partial charge in [0.25, 0.3) is 0 Å². The van der Waals surface area contributed by atoms with Gasteiger partial charge >= 0.3 is 15.6 Å². The van der Waals surface area contributed by atoms with Crippen LogP contribution in [0, 0.1) is 0 Å². The predicted octanol–water partition coefficient (Wildman–Crippen LogP) is 3.29. The number of halogens is 3. The normalized spacial score (nSPS) is 14.1. The van der Waals surface area contributed by atoms with Crippen molar-refractivity contribution < 1.29 is 30.0 Å². The van der Waals surface area contributed by atoms with E-state index in [0.717, 1.165) is 0 Å². The number of ether oxygens (including phenoxy) is 1. The van der Waals surface area contributed by atoms with E-state index in [1.165, 1.54) is 24.6 Å². The van der Waals surface area contributed by atoms with Crippen LogP contribution in [0.15, 0.2) is 29.2 Å². The molecule has 0 aliphatic heterocycles. The van der Waals surface area contributed by atoms with Crippen molar-refractivity contribution in [1.82, 2.24) is 0 Å². The molecule has 0 atom stereocenters. The second kappa shape index (κ2) is 5.82. The van der Waals surface area contributed by atoms with Gasteiger partial charge in [-0.1, -0.05) is 10.3 Å². The Hall–Kier alpha value is -0.930. The van der Waals surface area contributed by atoms with Crippen LogP contribution >= 0.6 is 10.3 Å². The summed E-state index contributed by atoms with van der Waals surface area (Å²) < 4.78 is 68.7. The lowest BCUT2D eigenvalue weighted by Crippen LogP contribution is -2.26. The SMILES string of the molecule is CCOc1ccc(S(C)(C)OS(=O)(=O)C(F)(F)F)cc1. The molecule has 0 aliphatic carbocycles. The Balaban J connectivity index is 2.99. The van der Waals surface area contributed by atoms with Crippen molar-refractivity contribution in [2.45, 2.75) is 17.3 Å². The lowest BCUT2D eigenvalue weighted by atomic mass is 10.3. The third-order valence-corrected chi connectivity index (χ3v) is 6.30. The number of hydrogen-bond donors (Lipinski definition) is 0. The van der Waals surface area contributed by atoms with Gasteiger partial charge in [-0.15, -0.1) is 0 Å². The van der Waals surface area contributed by atoms with E-state index in [2.05, 4.69) is 3.63 Å². The van der Waals surface area contributed by atoms with Gasteiger partial charge in [0.05, 0.1) is 6.61 Å². The molecule has 0 fully saturated rings. The minimum atomic E-state index is -5.62. The Morgan fingerprint density at radius 1 is 1.10 bits per heavy atom. The van der Waals surface area contributed by atoms with Crippen molar-refractivity contribution in [3.8, 4) is 5.75 Å². The van der Waals surface area contributed by atoms with Gasteiger partial charge in [-0.05, 0) is 43.7 Å². The average molecular weight is 332 g/mol. The maximum absolute atomic E-state index is 12.3. The van der Waals surface area contributed by atoms with Gasteiger partial charge in [0.2, 0.25) is 0 Å². The highest BCUT2D eigenvalue weighted by atomic mass is 32.3. The summed E-state index contributed by atoms with van der Waals surface area (Å²) in [4.78, 5) is 0.369. The molecule has 0 aliphatic rings. The lowest BCUT2D eigenvalue weighted by Gasteiger charge is -2.30. The third kappa shape index (κ3) is 4.03. The first-order valence-corrected chi connectivity index (χ1v) is 9.26. The fourth-order valence-corrected chi connectivity index (χ4v) is 4.54. The highest BCUT2D eigenvalue weighted by Gasteiger charge is 2.49. The van der Waals surface area contributed by atoms with Gasteiger partial charge in [-0.2, -0.15) is 21.6 Å². The molecular formula is C11H15F3O4S2. The third-order valence-electron chi connectivity index (χ3n) is 2.25. The van der Waals surface area contributed by atoms with E-state index in [4.69, 9.17) is 4.74 Å². The van der Waals surface area contributed by atoms with Gasteiger partial charge in [-0.3, -0.25) is 0 Å². The van der Waals surface area contributed by atoms with E-state index in [9.17, 15) is 21.6 Å². The number of benzene rings is 1. The fraction of sp³-hybridized carbons (Fsp3) is 0.455. The summed E-state index contributed by atoms with van der Waals surface area (Å²) in [7, 11) is -8.21. The fourth-order valence-electron chi connectivity index (χ4n) is 1.33. The molecule has 9 heteroatoms. The van der Waals surface area contributed by atoms with Crippen LogP contribution in [0.5, 0.6) is 5.75 Å². The minimum absolute atomic E-state index is 0.369. The van der Waals surface area contributed by atoms with Gasteiger partial charge in [0, 0.05) is 4.90 Å². The molecule has 0 saturated carbocycles. The van der Waals surface area contributed by atoms with Gasteiger partial charge in [0.15, 0.2) is 0 Å². The zero-order valence-corrected chi connectivity index (χ0v) is 12.7. The van der Waals surface area contributed by atoms with Gasteiger partial charge in [0.1, 0.15) is 5.75 Å². The van der Waals surface area contributed by atoms with Crippen molar-refractivity contribution in [3.05, 3.63) is 24.3 Å². The molecule has 0 radical (unpaired) electrons. The van der Waals surface area contributed by atoms with Crippen molar-refractivity contribution in [1.29, 1.82) is 0 Å². The van der Waals surface area contributed by atoms with Crippen molar-refractivity contribution in [2.75, 3.05) is 19.1 Å². The maximum Gasteiger partial charge on any atom is 0.523 e. The maximum atomic E-state index is 12.3. The predicted molar refractivity (Wildman–Crippen MR) is 71.4 cm³/mol. The number of alkyl halides is 3. The molecule has 4 nitrogen and oxygen atoms in total. The molecule has 1 aromatic rings. The smallest absolute Gasteiger partial charge is 0.494 e. The summed E-state index contributed by atoms with van der Waals surface area (Å²) in [6, 6.07) is 6.09. The largest absolute Gasteiger partial charge is 0.523 e. The molecule has 0 amide bonds. The molecule has 0 heterocycles. The van der Waals surface area contributed by atoms with E-state index in [0.29, 0.717) is 17.3 Å². The molecule has 0 aromatic heterocycles.